The van der Waals surface area contributed by atoms with Crippen LogP contribution < -0.4 is 20.5 Å². The molecule has 0 saturated carbocycles. The van der Waals surface area contributed by atoms with E-state index in [2.05, 4.69) is 15.6 Å². The third-order valence-corrected chi connectivity index (χ3v) is 4.34. The van der Waals surface area contributed by atoms with Crippen molar-refractivity contribution in [3.8, 4) is 11.5 Å². The summed E-state index contributed by atoms with van der Waals surface area (Å²) in [6.45, 7) is 3.66. The van der Waals surface area contributed by atoms with Crippen LogP contribution in [0.2, 0.25) is 0 Å². The molecule has 0 atom stereocenters. The molecule has 0 fully saturated rings. The number of amides is 1. The Bertz CT molecular complexity index is 1140. The van der Waals surface area contributed by atoms with Gasteiger partial charge >= 0.3 is 0 Å². The minimum Gasteiger partial charge on any atom is -0.493 e. The zero-order valence-electron chi connectivity index (χ0n) is 16.7. The molecule has 0 spiro atoms. The highest BCUT2D eigenvalue weighted by molar-refractivity contribution is 6.05. The van der Waals surface area contributed by atoms with Gasteiger partial charge < -0.3 is 9.47 Å². The maximum Gasteiger partial charge on any atom is 0.292 e. The normalized spacial score (nSPS) is 11.2. The first-order valence-electron chi connectivity index (χ1n) is 9.03. The molecule has 3 aromatic rings. The maximum absolute atomic E-state index is 12.8. The van der Waals surface area contributed by atoms with E-state index < -0.39 is 5.91 Å². The van der Waals surface area contributed by atoms with E-state index in [0.717, 1.165) is 0 Å². The molecule has 0 aliphatic rings. The minimum absolute atomic E-state index is 0.128. The van der Waals surface area contributed by atoms with Gasteiger partial charge in [0.1, 0.15) is 0 Å². The summed E-state index contributed by atoms with van der Waals surface area (Å²) in [7, 11) is 3.07. The average Bonchev–Trinajstić information content (AvgIpc) is 2.73. The van der Waals surface area contributed by atoms with Crippen LogP contribution in [0.3, 0.4) is 0 Å². The standard InChI is InChI=1S/C21H22N4O4/c1-13(2)25-21(27)16-10-6-5-9-15(16)18(24-25)20(26)23-22-12-14-8-7-11-17(28-3)19(14)29-4/h5-13H,1-4H3,(H,23,26)/b22-12-. The van der Waals surface area contributed by atoms with Crippen molar-refractivity contribution in [2.45, 2.75) is 19.9 Å². The molecule has 8 heteroatoms. The van der Waals surface area contributed by atoms with Crippen LogP contribution in [0, 0.1) is 0 Å². The molecule has 29 heavy (non-hydrogen) atoms. The molecule has 2 aromatic carbocycles. The van der Waals surface area contributed by atoms with Crippen LogP contribution in [-0.4, -0.2) is 36.1 Å². The predicted octanol–water partition coefficient (Wildman–Crippen LogP) is 2.76. The Labute approximate surface area is 167 Å². The van der Waals surface area contributed by atoms with Gasteiger partial charge in [-0.15, -0.1) is 0 Å². The summed E-state index contributed by atoms with van der Waals surface area (Å²) in [5.41, 5.74) is 3.00. The monoisotopic (exact) mass is 394 g/mol. The Hall–Kier alpha value is -3.68. The lowest BCUT2D eigenvalue weighted by Gasteiger charge is -2.12. The molecule has 0 aliphatic carbocycles. The highest BCUT2D eigenvalue weighted by Crippen LogP contribution is 2.29. The topological polar surface area (TPSA) is 94.8 Å². The van der Waals surface area contributed by atoms with Crippen molar-refractivity contribution in [1.82, 2.24) is 15.2 Å². The number of methoxy groups -OCH3 is 2. The lowest BCUT2D eigenvalue weighted by molar-refractivity contribution is 0.0949. The second-order valence-corrected chi connectivity index (χ2v) is 6.52. The summed E-state index contributed by atoms with van der Waals surface area (Å²) in [5, 5.41) is 9.18. The quantitative estimate of drug-likeness (QED) is 0.512. The van der Waals surface area contributed by atoms with Gasteiger partial charge in [0.05, 0.1) is 31.9 Å². The van der Waals surface area contributed by atoms with Crippen molar-refractivity contribution in [2.24, 2.45) is 5.10 Å². The number of nitrogens with one attached hydrogen (secondary N) is 1. The van der Waals surface area contributed by atoms with E-state index in [1.807, 2.05) is 13.8 Å². The van der Waals surface area contributed by atoms with Crippen LogP contribution in [0.25, 0.3) is 10.8 Å². The Morgan fingerprint density at radius 3 is 2.48 bits per heavy atom. The SMILES string of the molecule is COc1cccc(/C=N\NC(=O)c2nn(C(C)C)c(=O)c3ccccc23)c1OC. The number of aromatic nitrogens is 2. The van der Waals surface area contributed by atoms with Gasteiger partial charge in [-0.2, -0.15) is 10.2 Å². The Morgan fingerprint density at radius 2 is 1.83 bits per heavy atom. The van der Waals surface area contributed by atoms with Gasteiger partial charge in [0.15, 0.2) is 17.2 Å². The molecule has 1 amide bonds. The molecule has 8 nitrogen and oxygen atoms in total. The first-order chi connectivity index (χ1) is 14.0. The van der Waals surface area contributed by atoms with Crippen LogP contribution in [0.1, 0.15) is 35.9 Å². The second kappa shape index (κ2) is 8.55. The van der Waals surface area contributed by atoms with Crippen molar-refractivity contribution >= 4 is 22.9 Å². The predicted molar refractivity (Wildman–Crippen MR) is 111 cm³/mol. The minimum atomic E-state index is -0.520. The van der Waals surface area contributed by atoms with Gasteiger partial charge in [-0.1, -0.05) is 24.3 Å². The number of para-hydroxylation sites is 1. The number of carbonyl (C=O) groups is 1. The zero-order chi connectivity index (χ0) is 21.0. The molecular weight excluding hydrogens is 372 g/mol. The van der Waals surface area contributed by atoms with Crippen LogP contribution in [0.4, 0.5) is 0 Å². The smallest absolute Gasteiger partial charge is 0.292 e. The number of hydrazone groups is 1. The van der Waals surface area contributed by atoms with Gasteiger partial charge in [0.25, 0.3) is 11.5 Å². The summed E-state index contributed by atoms with van der Waals surface area (Å²) in [6, 6.07) is 12.0. The first kappa shape index (κ1) is 20.1. The zero-order valence-corrected chi connectivity index (χ0v) is 16.7. The number of hydrogen-bond donors (Lipinski definition) is 1. The summed E-state index contributed by atoms with van der Waals surface area (Å²) >= 11 is 0. The van der Waals surface area contributed by atoms with E-state index in [9.17, 15) is 9.59 Å². The van der Waals surface area contributed by atoms with E-state index in [0.29, 0.717) is 27.8 Å². The van der Waals surface area contributed by atoms with Crippen molar-refractivity contribution in [2.75, 3.05) is 14.2 Å². The van der Waals surface area contributed by atoms with E-state index in [1.54, 1.807) is 49.6 Å². The summed E-state index contributed by atoms with van der Waals surface area (Å²) < 4.78 is 11.9. The Kier molecular flexibility index (Phi) is 5.92. The van der Waals surface area contributed by atoms with E-state index in [-0.39, 0.29) is 17.3 Å². The van der Waals surface area contributed by atoms with Gasteiger partial charge in [0.2, 0.25) is 0 Å². The van der Waals surface area contributed by atoms with Crippen LogP contribution in [-0.2, 0) is 0 Å². The lowest BCUT2D eigenvalue weighted by atomic mass is 10.1. The van der Waals surface area contributed by atoms with Gasteiger partial charge in [-0.3, -0.25) is 9.59 Å². The third kappa shape index (κ3) is 3.96. The number of fused-ring (bicyclic) bond motifs is 1. The fourth-order valence-electron chi connectivity index (χ4n) is 2.95. The fraction of sp³-hybridized carbons (Fsp3) is 0.238. The first-order valence-corrected chi connectivity index (χ1v) is 9.03. The molecule has 0 bridgehead atoms. The Balaban J connectivity index is 1.95. The largest absolute Gasteiger partial charge is 0.493 e. The van der Waals surface area contributed by atoms with E-state index >= 15 is 0 Å². The van der Waals surface area contributed by atoms with Crippen molar-refractivity contribution in [1.29, 1.82) is 0 Å². The number of nitrogens with zero attached hydrogens (tertiary/aromatic N) is 3. The highest BCUT2D eigenvalue weighted by atomic mass is 16.5. The maximum atomic E-state index is 12.8. The van der Waals surface area contributed by atoms with Gasteiger partial charge in [0, 0.05) is 10.9 Å². The Morgan fingerprint density at radius 1 is 1.10 bits per heavy atom. The molecule has 0 unspecified atom stereocenters. The molecular formula is C21H22N4O4. The van der Waals surface area contributed by atoms with Crippen molar-refractivity contribution in [3.63, 3.8) is 0 Å². The average molecular weight is 394 g/mol. The molecule has 1 N–H and O–H groups in total. The number of ether oxygens (including phenoxy) is 2. The van der Waals surface area contributed by atoms with E-state index in [1.165, 1.54) is 18.0 Å². The molecule has 150 valence electrons. The van der Waals surface area contributed by atoms with Gasteiger partial charge in [-0.25, -0.2) is 10.1 Å². The molecule has 3 rings (SSSR count). The third-order valence-electron chi connectivity index (χ3n) is 4.34. The van der Waals surface area contributed by atoms with Crippen LogP contribution >= 0.6 is 0 Å². The second-order valence-electron chi connectivity index (χ2n) is 6.52. The van der Waals surface area contributed by atoms with Crippen molar-refractivity contribution < 1.29 is 14.3 Å². The van der Waals surface area contributed by atoms with Crippen molar-refractivity contribution in [3.05, 3.63) is 64.1 Å². The molecule has 0 radical (unpaired) electrons. The summed E-state index contributed by atoms with van der Waals surface area (Å²) in [5.74, 6) is 0.540. The molecule has 1 aromatic heterocycles. The highest BCUT2D eigenvalue weighted by Gasteiger charge is 2.17. The van der Waals surface area contributed by atoms with E-state index in [4.69, 9.17) is 9.47 Å². The lowest BCUT2D eigenvalue weighted by Crippen LogP contribution is -2.30. The molecule has 0 saturated heterocycles. The van der Waals surface area contributed by atoms with Crippen LogP contribution in [0.15, 0.2) is 52.4 Å². The summed E-state index contributed by atoms with van der Waals surface area (Å²) in [4.78, 5) is 25.3. The number of rotatable bonds is 6. The number of hydrogen-bond acceptors (Lipinski definition) is 6. The molecule has 0 aliphatic heterocycles. The fourth-order valence-corrected chi connectivity index (χ4v) is 2.95. The number of benzene rings is 2. The van der Waals surface area contributed by atoms with Gasteiger partial charge in [-0.05, 0) is 32.0 Å². The van der Waals surface area contributed by atoms with Crippen LogP contribution in [0.5, 0.6) is 11.5 Å². The molecule has 1 heterocycles. The summed E-state index contributed by atoms with van der Waals surface area (Å²) in [6.07, 6.45) is 1.46. The number of carbonyl (C=O) groups excluding carboxylic acids is 1.